The van der Waals surface area contributed by atoms with Gasteiger partial charge in [-0.15, -0.1) is 11.8 Å². The van der Waals surface area contributed by atoms with Crippen molar-refractivity contribution >= 4 is 17.5 Å². The number of thioether (sulfide) groups is 1. The fourth-order valence-electron chi connectivity index (χ4n) is 1.70. The summed E-state index contributed by atoms with van der Waals surface area (Å²) in [4.78, 5) is 12.9. The van der Waals surface area contributed by atoms with Gasteiger partial charge in [-0.05, 0) is 11.6 Å². The van der Waals surface area contributed by atoms with Gasteiger partial charge in [0.25, 0.3) is 0 Å². The van der Waals surface area contributed by atoms with E-state index >= 15 is 0 Å². The molecule has 0 fully saturated rings. The molecule has 1 aliphatic rings. The van der Waals surface area contributed by atoms with Gasteiger partial charge in [0, 0.05) is 24.4 Å². The largest absolute Gasteiger partial charge is 0.311 e. The monoisotopic (exact) mass is 221 g/mol. The molecule has 3 heteroatoms. The standard InChI is InChI=1S/C12H15NOS/c1-2-10(14)12-8-13-7-9-5-3-4-6-11(9)15-12/h3-6,12-13H,2,7-8H2,1H3. The van der Waals surface area contributed by atoms with Crippen LogP contribution in [0.4, 0.5) is 0 Å². The average Bonchev–Trinajstić information content (AvgIpc) is 2.49. The number of hydrogen-bond donors (Lipinski definition) is 1. The molecule has 1 unspecified atom stereocenters. The maximum absolute atomic E-state index is 11.7. The number of nitrogens with one attached hydrogen (secondary N) is 1. The van der Waals surface area contributed by atoms with E-state index in [9.17, 15) is 4.79 Å². The Hall–Kier alpha value is -0.800. The predicted octanol–water partition coefficient (Wildman–Crippen LogP) is 2.23. The van der Waals surface area contributed by atoms with Crippen molar-refractivity contribution in [1.29, 1.82) is 0 Å². The molecule has 0 saturated heterocycles. The van der Waals surface area contributed by atoms with Gasteiger partial charge in [-0.2, -0.15) is 0 Å². The number of carbonyl (C=O) groups excluding carboxylic acids is 1. The number of rotatable bonds is 2. The third-order valence-electron chi connectivity index (χ3n) is 2.59. The zero-order valence-electron chi connectivity index (χ0n) is 8.82. The Morgan fingerprint density at radius 2 is 2.33 bits per heavy atom. The van der Waals surface area contributed by atoms with Crippen LogP contribution in [0.3, 0.4) is 0 Å². The van der Waals surface area contributed by atoms with Crippen molar-refractivity contribution in [3.8, 4) is 0 Å². The summed E-state index contributed by atoms with van der Waals surface area (Å²) >= 11 is 1.70. The topological polar surface area (TPSA) is 29.1 Å². The van der Waals surface area contributed by atoms with Crippen molar-refractivity contribution < 1.29 is 4.79 Å². The molecule has 80 valence electrons. The van der Waals surface area contributed by atoms with Gasteiger partial charge in [-0.1, -0.05) is 25.1 Å². The van der Waals surface area contributed by atoms with Crippen LogP contribution in [0.1, 0.15) is 18.9 Å². The van der Waals surface area contributed by atoms with Crippen molar-refractivity contribution in [2.24, 2.45) is 0 Å². The number of Topliss-reactive ketones (excluding diaryl/α,β-unsaturated/α-hetero) is 1. The second kappa shape index (κ2) is 4.81. The highest BCUT2D eigenvalue weighted by Gasteiger charge is 2.21. The maximum Gasteiger partial charge on any atom is 0.147 e. The van der Waals surface area contributed by atoms with Crippen LogP contribution in [-0.4, -0.2) is 17.6 Å². The van der Waals surface area contributed by atoms with Crippen LogP contribution in [0, 0.1) is 0 Å². The molecule has 0 amide bonds. The summed E-state index contributed by atoms with van der Waals surface area (Å²) in [5, 5.41) is 3.41. The quantitative estimate of drug-likeness (QED) is 0.830. The van der Waals surface area contributed by atoms with E-state index in [0.29, 0.717) is 12.2 Å². The third kappa shape index (κ3) is 2.41. The number of benzene rings is 1. The Kier molecular flexibility index (Phi) is 3.44. The smallest absolute Gasteiger partial charge is 0.147 e. The molecule has 2 rings (SSSR count). The minimum absolute atomic E-state index is 0.0821. The normalized spacial score (nSPS) is 20.5. The zero-order valence-corrected chi connectivity index (χ0v) is 9.64. The van der Waals surface area contributed by atoms with E-state index in [2.05, 4.69) is 17.4 Å². The molecule has 0 saturated carbocycles. The molecule has 0 spiro atoms. The van der Waals surface area contributed by atoms with Crippen LogP contribution in [0.15, 0.2) is 29.2 Å². The molecule has 1 N–H and O–H groups in total. The third-order valence-corrected chi connectivity index (χ3v) is 3.96. The average molecular weight is 221 g/mol. The molecule has 0 bridgehead atoms. The van der Waals surface area contributed by atoms with Gasteiger partial charge in [0.05, 0.1) is 5.25 Å². The highest BCUT2D eigenvalue weighted by molar-refractivity contribution is 8.00. The fraction of sp³-hybridized carbons (Fsp3) is 0.417. The van der Waals surface area contributed by atoms with E-state index in [1.807, 2.05) is 19.1 Å². The summed E-state index contributed by atoms with van der Waals surface area (Å²) in [5.41, 5.74) is 1.30. The molecule has 0 aromatic heterocycles. The Morgan fingerprint density at radius 3 is 3.13 bits per heavy atom. The first kappa shape index (κ1) is 10.7. The first-order chi connectivity index (χ1) is 7.31. The first-order valence-electron chi connectivity index (χ1n) is 5.29. The van der Waals surface area contributed by atoms with Crippen LogP contribution in [0.25, 0.3) is 0 Å². The van der Waals surface area contributed by atoms with E-state index in [1.54, 1.807) is 11.8 Å². The SMILES string of the molecule is CCC(=O)C1CNCc2ccccc2S1. The Balaban J connectivity index is 2.21. The van der Waals surface area contributed by atoms with Crippen LogP contribution in [0.5, 0.6) is 0 Å². The fourth-order valence-corrected chi connectivity index (χ4v) is 2.96. The van der Waals surface area contributed by atoms with E-state index in [0.717, 1.165) is 13.1 Å². The number of ketones is 1. The van der Waals surface area contributed by atoms with Gasteiger partial charge in [-0.25, -0.2) is 0 Å². The lowest BCUT2D eigenvalue weighted by Crippen LogP contribution is -2.28. The van der Waals surface area contributed by atoms with Crippen LogP contribution in [-0.2, 0) is 11.3 Å². The second-order valence-corrected chi connectivity index (χ2v) is 4.91. The number of hydrogen-bond acceptors (Lipinski definition) is 3. The van der Waals surface area contributed by atoms with Crippen molar-refractivity contribution in [3.63, 3.8) is 0 Å². The molecule has 1 atom stereocenters. The van der Waals surface area contributed by atoms with Crippen LogP contribution >= 0.6 is 11.8 Å². The summed E-state index contributed by atoms with van der Waals surface area (Å²) in [7, 11) is 0. The lowest BCUT2D eigenvalue weighted by atomic mass is 10.2. The van der Waals surface area contributed by atoms with Crippen LogP contribution < -0.4 is 5.32 Å². The van der Waals surface area contributed by atoms with Gasteiger partial charge >= 0.3 is 0 Å². The van der Waals surface area contributed by atoms with Gasteiger partial charge in [0.1, 0.15) is 5.78 Å². The van der Waals surface area contributed by atoms with Crippen molar-refractivity contribution in [2.45, 2.75) is 30.0 Å². The van der Waals surface area contributed by atoms with E-state index in [4.69, 9.17) is 0 Å². The van der Waals surface area contributed by atoms with Gasteiger partial charge in [-0.3, -0.25) is 4.79 Å². The van der Waals surface area contributed by atoms with Gasteiger partial charge in [0.2, 0.25) is 0 Å². The molecule has 1 aliphatic heterocycles. The van der Waals surface area contributed by atoms with Crippen molar-refractivity contribution in [3.05, 3.63) is 29.8 Å². The molecule has 15 heavy (non-hydrogen) atoms. The molecule has 0 aliphatic carbocycles. The highest BCUT2D eigenvalue weighted by Crippen LogP contribution is 2.29. The Morgan fingerprint density at radius 1 is 1.53 bits per heavy atom. The van der Waals surface area contributed by atoms with Crippen LogP contribution in [0.2, 0.25) is 0 Å². The summed E-state index contributed by atoms with van der Waals surface area (Å²) in [6, 6.07) is 8.30. The predicted molar refractivity (Wildman–Crippen MR) is 63.1 cm³/mol. The highest BCUT2D eigenvalue weighted by atomic mass is 32.2. The van der Waals surface area contributed by atoms with Crippen molar-refractivity contribution in [2.75, 3.05) is 6.54 Å². The minimum Gasteiger partial charge on any atom is -0.311 e. The van der Waals surface area contributed by atoms with E-state index < -0.39 is 0 Å². The number of fused-ring (bicyclic) bond motifs is 1. The summed E-state index contributed by atoms with van der Waals surface area (Å²) in [6.07, 6.45) is 0.627. The lowest BCUT2D eigenvalue weighted by Gasteiger charge is -2.11. The molecule has 1 heterocycles. The number of carbonyl (C=O) groups is 1. The zero-order chi connectivity index (χ0) is 10.7. The summed E-state index contributed by atoms with van der Waals surface area (Å²) < 4.78 is 0. The molecular formula is C12H15NOS. The molecule has 0 radical (unpaired) electrons. The first-order valence-corrected chi connectivity index (χ1v) is 6.17. The molecule has 1 aromatic carbocycles. The Bertz CT molecular complexity index is 364. The van der Waals surface area contributed by atoms with Gasteiger partial charge < -0.3 is 5.32 Å². The van der Waals surface area contributed by atoms with E-state index in [-0.39, 0.29) is 5.25 Å². The second-order valence-electron chi connectivity index (χ2n) is 3.66. The molecule has 2 nitrogen and oxygen atoms in total. The van der Waals surface area contributed by atoms with Gasteiger partial charge in [0.15, 0.2) is 0 Å². The minimum atomic E-state index is 0.0821. The Labute approximate surface area is 94.4 Å². The lowest BCUT2D eigenvalue weighted by molar-refractivity contribution is -0.118. The summed E-state index contributed by atoms with van der Waals surface area (Å²) in [5.74, 6) is 0.337. The maximum atomic E-state index is 11.7. The van der Waals surface area contributed by atoms with E-state index in [1.165, 1.54) is 10.5 Å². The molecule has 1 aromatic rings. The molecular weight excluding hydrogens is 206 g/mol. The van der Waals surface area contributed by atoms with Crippen molar-refractivity contribution in [1.82, 2.24) is 5.32 Å². The summed E-state index contributed by atoms with van der Waals surface area (Å²) in [6.45, 7) is 3.59.